The highest BCUT2D eigenvalue weighted by atomic mass is 35.5. The second kappa shape index (κ2) is 7.31. The van der Waals surface area contributed by atoms with E-state index in [4.69, 9.17) is 23.2 Å². The largest absolute Gasteiger partial charge is 0.386 e. The molecule has 0 aliphatic heterocycles. The van der Waals surface area contributed by atoms with Gasteiger partial charge in [0, 0.05) is 16.5 Å². The molecule has 0 amide bonds. The maximum absolute atomic E-state index is 11.9. The lowest BCUT2D eigenvalue weighted by Gasteiger charge is -2.18. The highest BCUT2D eigenvalue weighted by molar-refractivity contribution is 6.36. The van der Waals surface area contributed by atoms with Crippen molar-refractivity contribution in [2.24, 2.45) is 0 Å². The molecule has 8 heteroatoms. The van der Waals surface area contributed by atoms with Crippen molar-refractivity contribution in [2.75, 3.05) is 0 Å². The summed E-state index contributed by atoms with van der Waals surface area (Å²) in [5, 5.41) is 14.6. The van der Waals surface area contributed by atoms with Crippen molar-refractivity contribution in [2.45, 2.75) is 25.9 Å². The smallest absolute Gasteiger partial charge is 0.349 e. The average molecular weight is 406 g/mol. The molecule has 2 aromatic carbocycles. The molecular formula is C19H17Cl2N3O3. The molecular weight excluding hydrogens is 389 g/mol. The molecule has 0 saturated heterocycles. The van der Waals surface area contributed by atoms with Crippen molar-refractivity contribution >= 4 is 23.2 Å². The van der Waals surface area contributed by atoms with Gasteiger partial charge in [-0.15, -0.1) is 0 Å². The number of nitrogens with one attached hydrogen (secondary N) is 1. The summed E-state index contributed by atoms with van der Waals surface area (Å²) in [6.07, 6.45) is 1.49. The van der Waals surface area contributed by atoms with E-state index >= 15 is 0 Å². The van der Waals surface area contributed by atoms with Gasteiger partial charge in [0.15, 0.2) is 0 Å². The predicted molar refractivity (Wildman–Crippen MR) is 105 cm³/mol. The summed E-state index contributed by atoms with van der Waals surface area (Å²) in [7, 11) is 0. The molecule has 0 fully saturated rings. The molecule has 0 bridgehead atoms. The summed E-state index contributed by atoms with van der Waals surface area (Å²) in [6, 6.07) is 10.7. The fourth-order valence-corrected chi connectivity index (χ4v) is 3.26. The van der Waals surface area contributed by atoms with Gasteiger partial charge in [-0.1, -0.05) is 47.5 Å². The van der Waals surface area contributed by atoms with Crippen molar-refractivity contribution in [3.63, 3.8) is 0 Å². The van der Waals surface area contributed by atoms with Crippen LogP contribution in [-0.2, 0) is 12.0 Å². The number of hydrogen-bond acceptors (Lipinski definition) is 4. The molecule has 140 valence electrons. The molecule has 27 heavy (non-hydrogen) atoms. The monoisotopic (exact) mass is 405 g/mol. The Balaban J connectivity index is 1.94. The number of benzene rings is 2. The number of halogens is 2. The van der Waals surface area contributed by atoms with E-state index in [1.54, 1.807) is 26.0 Å². The number of H-pyrrole nitrogens is 1. The Morgan fingerprint density at radius 2 is 1.70 bits per heavy atom. The normalized spacial score (nSPS) is 11.6. The van der Waals surface area contributed by atoms with Crippen molar-refractivity contribution < 1.29 is 5.11 Å². The Labute approximate surface area is 165 Å². The third-order valence-electron chi connectivity index (χ3n) is 4.12. The Hall–Kier alpha value is -2.41. The predicted octanol–water partition coefficient (Wildman–Crippen LogP) is 3.05. The lowest BCUT2D eigenvalue weighted by molar-refractivity contribution is 0.0786. The Morgan fingerprint density at radius 3 is 2.22 bits per heavy atom. The van der Waals surface area contributed by atoms with E-state index in [9.17, 15) is 14.7 Å². The first-order chi connectivity index (χ1) is 12.6. The maximum atomic E-state index is 11.9. The quantitative estimate of drug-likeness (QED) is 0.697. The van der Waals surface area contributed by atoms with Gasteiger partial charge in [-0.05, 0) is 42.7 Å². The molecule has 3 aromatic rings. The second-order valence-corrected chi connectivity index (χ2v) is 7.49. The fourth-order valence-electron chi connectivity index (χ4n) is 2.65. The van der Waals surface area contributed by atoms with Crippen molar-refractivity contribution in [1.29, 1.82) is 0 Å². The Kier molecular flexibility index (Phi) is 5.24. The minimum Gasteiger partial charge on any atom is -0.386 e. The zero-order valence-electron chi connectivity index (χ0n) is 14.7. The Morgan fingerprint density at radius 1 is 1.11 bits per heavy atom. The summed E-state index contributed by atoms with van der Waals surface area (Å²) in [5.74, 6) is 0. The minimum absolute atomic E-state index is 0.354. The lowest BCUT2D eigenvalue weighted by Crippen LogP contribution is -2.30. The highest BCUT2D eigenvalue weighted by Crippen LogP contribution is 2.30. The van der Waals surface area contributed by atoms with Crippen LogP contribution < -0.4 is 11.2 Å². The van der Waals surface area contributed by atoms with Gasteiger partial charge in [0.25, 0.3) is 5.56 Å². The van der Waals surface area contributed by atoms with Crippen LogP contribution in [0.3, 0.4) is 0 Å². The summed E-state index contributed by atoms with van der Waals surface area (Å²) in [6.45, 7) is 3.45. The SMILES string of the molecule is CC(C)(O)c1ccc(Cc2c(Cl)cc(-n3ncc(=O)[nH]c3=O)cc2Cl)cc1. The molecule has 0 saturated carbocycles. The maximum Gasteiger partial charge on any atom is 0.349 e. The minimum atomic E-state index is -0.910. The van der Waals surface area contributed by atoms with Crippen LogP contribution in [0.2, 0.25) is 10.0 Å². The molecule has 0 radical (unpaired) electrons. The van der Waals surface area contributed by atoms with Crippen LogP contribution in [0.5, 0.6) is 0 Å². The van der Waals surface area contributed by atoms with E-state index in [0.717, 1.165) is 22.0 Å². The van der Waals surface area contributed by atoms with Gasteiger partial charge in [-0.2, -0.15) is 9.78 Å². The van der Waals surface area contributed by atoms with Crippen molar-refractivity contribution in [3.05, 3.63) is 90.2 Å². The van der Waals surface area contributed by atoms with Crippen molar-refractivity contribution in [3.8, 4) is 5.69 Å². The lowest BCUT2D eigenvalue weighted by atomic mass is 9.95. The standard InChI is InChI=1S/C19H17Cl2N3O3/c1-19(2,27)12-5-3-11(4-6-12)7-14-15(20)8-13(9-16(14)21)24-18(26)23-17(25)10-22-24/h3-6,8-10,27H,7H2,1-2H3,(H,23,25,26). The third kappa shape index (κ3) is 4.30. The first-order valence-electron chi connectivity index (χ1n) is 8.14. The van der Waals surface area contributed by atoms with Gasteiger partial charge in [-0.3, -0.25) is 9.78 Å². The zero-order chi connectivity index (χ0) is 19.8. The van der Waals surface area contributed by atoms with Gasteiger partial charge in [0.2, 0.25) is 0 Å². The number of hydrogen-bond donors (Lipinski definition) is 2. The third-order valence-corrected chi connectivity index (χ3v) is 4.80. The van der Waals surface area contributed by atoms with Crippen molar-refractivity contribution in [1.82, 2.24) is 14.8 Å². The van der Waals surface area contributed by atoms with Crippen LogP contribution in [0.15, 0.2) is 52.2 Å². The molecule has 0 unspecified atom stereocenters. The first-order valence-corrected chi connectivity index (χ1v) is 8.89. The molecule has 2 N–H and O–H groups in total. The number of aromatic amines is 1. The van der Waals surface area contributed by atoms with E-state index in [1.807, 2.05) is 24.3 Å². The summed E-state index contributed by atoms with van der Waals surface area (Å²) in [4.78, 5) is 25.2. The molecule has 3 rings (SSSR count). The Bertz CT molecular complexity index is 1070. The number of aromatic nitrogens is 3. The van der Waals surface area contributed by atoms with E-state index in [0.29, 0.717) is 27.7 Å². The van der Waals surface area contributed by atoms with Gasteiger partial charge >= 0.3 is 5.69 Å². The summed E-state index contributed by atoms with van der Waals surface area (Å²) < 4.78 is 1.01. The van der Waals surface area contributed by atoms with Crippen LogP contribution in [0.25, 0.3) is 5.69 Å². The van der Waals surface area contributed by atoms with Gasteiger partial charge in [0.05, 0.1) is 11.3 Å². The number of nitrogens with zero attached hydrogens (tertiary/aromatic N) is 2. The molecule has 1 aromatic heterocycles. The fraction of sp³-hybridized carbons (Fsp3) is 0.211. The second-order valence-electron chi connectivity index (χ2n) is 6.67. The van der Waals surface area contributed by atoms with Gasteiger partial charge in [-0.25, -0.2) is 4.79 Å². The molecule has 0 aliphatic rings. The topological polar surface area (TPSA) is 88.0 Å². The highest BCUT2D eigenvalue weighted by Gasteiger charge is 2.16. The molecule has 0 atom stereocenters. The van der Waals surface area contributed by atoms with Crippen LogP contribution >= 0.6 is 23.2 Å². The van der Waals surface area contributed by atoms with E-state index in [2.05, 4.69) is 10.1 Å². The van der Waals surface area contributed by atoms with Crippen LogP contribution in [-0.4, -0.2) is 19.9 Å². The van der Waals surface area contributed by atoms with Crippen LogP contribution in [0.4, 0.5) is 0 Å². The summed E-state index contributed by atoms with van der Waals surface area (Å²) in [5.41, 5.74) is 0.667. The van der Waals surface area contributed by atoms with E-state index < -0.39 is 16.9 Å². The van der Waals surface area contributed by atoms with E-state index in [-0.39, 0.29) is 0 Å². The summed E-state index contributed by atoms with van der Waals surface area (Å²) >= 11 is 12.8. The molecule has 0 spiro atoms. The number of aliphatic hydroxyl groups is 1. The van der Waals surface area contributed by atoms with Gasteiger partial charge < -0.3 is 5.11 Å². The van der Waals surface area contributed by atoms with Crippen LogP contribution in [0, 0.1) is 0 Å². The zero-order valence-corrected chi connectivity index (χ0v) is 16.2. The van der Waals surface area contributed by atoms with Crippen LogP contribution in [0.1, 0.15) is 30.5 Å². The van der Waals surface area contributed by atoms with E-state index in [1.165, 1.54) is 0 Å². The average Bonchev–Trinajstić information content (AvgIpc) is 2.57. The number of rotatable bonds is 4. The van der Waals surface area contributed by atoms with Gasteiger partial charge in [0.1, 0.15) is 6.20 Å². The first kappa shape index (κ1) is 19.4. The molecule has 1 heterocycles. The molecule has 6 nitrogen and oxygen atoms in total. The molecule has 0 aliphatic carbocycles.